The minimum Gasteiger partial charge on any atom is -0.459 e. The minimum atomic E-state index is -0.478. The normalized spacial score (nSPS) is 12.5. The van der Waals surface area contributed by atoms with Crippen molar-refractivity contribution in [2.75, 3.05) is 0 Å². The summed E-state index contributed by atoms with van der Waals surface area (Å²) in [5.41, 5.74) is 10.0. The van der Waals surface area contributed by atoms with Crippen molar-refractivity contribution in [2.24, 2.45) is 11.5 Å². The number of hydrogen-bond acceptors (Lipinski definition) is 6. The van der Waals surface area contributed by atoms with Crippen molar-refractivity contribution in [2.45, 2.75) is 119 Å². The quantitative estimate of drug-likeness (QED) is 0.711. The molecule has 2 unspecified atom stereocenters. The summed E-state index contributed by atoms with van der Waals surface area (Å²) in [6.45, 7) is 22.7. The van der Waals surface area contributed by atoms with E-state index in [1.165, 1.54) is 0 Å². The van der Waals surface area contributed by atoms with E-state index in [9.17, 15) is 9.59 Å². The van der Waals surface area contributed by atoms with Crippen LogP contribution in [0.4, 0.5) is 0 Å². The summed E-state index contributed by atoms with van der Waals surface area (Å²) >= 11 is 0. The monoisotopic (exact) mass is 378 g/mol. The summed E-state index contributed by atoms with van der Waals surface area (Å²) in [5.74, 6) is -0.639. The Morgan fingerprint density at radius 1 is 0.692 bits per heavy atom. The predicted octanol–water partition coefficient (Wildman–Crippen LogP) is 4.18. The van der Waals surface area contributed by atoms with E-state index in [4.69, 9.17) is 20.9 Å². The fraction of sp³-hybridized carbons (Fsp3) is 0.900. The van der Waals surface area contributed by atoms with Crippen LogP contribution >= 0.6 is 0 Å². The van der Waals surface area contributed by atoms with E-state index in [0.717, 1.165) is 0 Å². The summed E-state index contributed by atoms with van der Waals surface area (Å²) in [4.78, 5) is 22.1. The Kier molecular flexibility index (Phi) is 21.6. The van der Waals surface area contributed by atoms with Gasteiger partial charge in [0, 0.05) is 0 Å². The standard InChI is InChI=1S/2C8H17NO2.2C2H6/c2*1-5-6(9)7(10)11-8(2,3)4;2*1-2/h2*6H,5,9H2,1-4H3;2*1-2H3. The zero-order valence-corrected chi connectivity index (χ0v) is 19.4. The number of carbonyl (C=O) groups excluding carboxylic acids is 2. The predicted molar refractivity (Wildman–Crippen MR) is 111 cm³/mol. The molecular weight excluding hydrogens is 332 g/mol. The van der Waals surface area contributed by atoms with Crippen molar-refractivity contribution in [3.8, 4) is 0 Å². The molecular formula is C20H46N2O4. The van der Waals surface area contributed by atoms with E-state index in [-0.39, 0.29) is 11.9 Å². The van der Waals surface area contributed by atoms with Gasteiger partial charge in [-0.1, -0.05) is 41.5 Å². The van der Waals surface area contributed by atoms with Crippen molar-refractivity contribution in [1.29, 1.82) is 0 Å². The Morgan fingerprint density at radius 2 is 0.885 bits per heavy atom. The van der Waals surface area contributed by atoms with Crippen molar-refractivity contribution >= 4 is 11.9 Å². The first-order valence-electron chi connectivity index (χ1n) is 9.70. The Morgan fingerprint density at radius 3 is 1.00 bits per heavy atom. The van der Waals surface area contributed by atoms with Crippen molar-refractivity contribution in [3.63, 3.8) is 0 Å². The minimum absolute atomic E-state index is 0.319. The third-order valence-electron chi connectivity index (χ3n) is 2.30. The highest BCUT2D eigenvalue weighted by atomic mass is 16.6. The molecule has 6 heteroatoms. The number of carbonyl (C=O) groups is 2. The molecule has 0 aromatic heterocycles. The molecule has 0 spiro atoms. The van der Waals surface area contributed by atoms with Gasteiger partial charge in [0.15, 0.2) is 0 Å². The number of ether oxygens (including phenoxy) is 2. The molecule has 0 saturated carbocycles. The molecule has 26 heavy (non-hydrogen) atoms. The lowest BCUT2D eigenvalue weighted by Gasteiger charge is -2.21. The maximum atomic E-state index is 11.0. The first kappa shape index (κ1) is 32.5. The van der Waals surface area contributed by atoms with Gasteiger partial charge in [0.1, 0.15) is 23.3 Å². The smallest absolute Gasteiger partial charge is 0.323 e. The molecule has 0 heterocycles. The molecule has 0 aliphatic rings. The molecule has 0 fully saturated rings. The molecule has 160 valence electrons. The third-order valence-corrected chi connectivity index (χ3v) is 2.30. The fourth-order valence-corrected chi connectivity index (χ4v) is 1.09. The third kappa shape index (κ3) is 25.1. The highest BCUT2D eigenvalue weighted by molar-refractivity contribution is 5.76. The topological polar surface area (TPSA) is 105 Å². The lowest BCUT2D eigenvalue weighted by atomic mass is 10.2. The second-order valence-corrected chi connectivity index (χ2v) is 7.10. The summed E-state index contributed by atoms with van der Waals surface area (Å²) in [6.07, 6.45) is 1.24. The van der Waals surface area contributed by atoms with Gasteiger partial charge in [0.05, 0.1) is 0 Å². The van der Waals surface area contributed by atoms with Gasteiger partial charge >= 0.3 is 11.9 Å². The van der Waals surface area contributed by atoms with Gasteiger partial charge < -0.3 is 20.9 Å². The van der Waals surface area contributed by atoms with Crippen LogP contribution in [0.3, 0.4) is 0 Å². The van der Waals surface area contributed by atoms with Gasteiger partial charge in [0.25, 0.3) is 0 Å². The number of rotatable bonds is 4. The highest BCUT2D eigenvalue weighted by Gasteiger charge is 2.21. The van der Waals surface area contributed by atoms with Gasteiger partial charge in [-0.05, 0) is 54.4 Å². The highest BCUT2D eigenvalue weighted by Crippen LogP contribution is 2.09. The Labute approximate surface area is 162 Å². The van der Waals surface area contributed by atoms with Crippen LogP contribution in [0.2, 0.25) is 0 Å². The number of hydrogen-bond donors (Lipinski definition) is 2. The lowest BCUT2D eigenvalue weighted by Crippen LogP contribution is -2.36. The lowest BCUT2D eigenvalue weighted by molar-refractivity contribution is -0.157. The van der Waals surface area contributed by atoms with Crippen molar-refractivity contribution in [3.05, 3.63) is 0 Å². The summed E-state index contributed by atoms with van der Waals surface area (Å²) in [7, 11) is 0. The van der Waals surface area contributed by atoms with Crippen molar-refractivity contribution < 1.29 is 19.1 Å². The van der Waals surface area contributed by atoms with E-state index in [1.807, 2.05) is 83.1 Å². The second-order valence-electron chi connectivity index (χ2n) is 7.10. The van der Waals surface area contributed by atoms with E-state index in [2.05, 4.69) is 0 Å². The van der Waals surface area contributed by atoms with Crippen LogP contribution in [0.25, 0.3) is 0 Å². The fourth-order valence-electron chi connectivity index (χ4n) is 1.09. The first-order chi connectivity index (χ1) is 11.7. The van der Waals surface area contributed by atoms with Crippen LogP contribution in [0.1, 0.15) is 95.9 Å². The first-order valence-corrected chi connectivity index (χ1v) is 9.70. The van der Waals surface area contributed by atoms with Crippen LogP contribution in [-0.4, -0.2) is 35.2 Å². The maximum absolute atomic E-state index is 11.0. The molecule has 0 aromatic rings. The Balaban J connectivity index is -0.000000156. The van der Waals surface area contributed by atoms with E-state index >= 15 is 0 Å². The van der Waals surface area contributed by atoms with E-state index in [1.54, 1.807) is 0 Å². The van der Waals surface area contributed by atoms with Gasteiger partial charge in [-0.15, -0.1) is 0 Å². The van der Waals surface area contributed by atoms with Crippen LogP contribution < -0.4 is 11.5 Å². The van der Waals surface area contributed by atoms with Crippen LogP contribution in [0.15, 0.2) is 0 Å². The molecule has 0 radical (unpaired) electrons. The largest absolute Gasteiger partial charge is 0.459 e. The zero-order chi connectivity index (χ0) is 22.1. The number of nitrogens with two attached hydrogens (primary N) is 2. The van der Waals surface area contributed by atoms with E-state index < -0.39 is 23.3 Å². The second kappa shape index (κ2) is 17.3. The van der Waals surface area contributed by atoms with E-state index in [0.29, 0.717) is 12.8 Å². The average Bonchev–Trinajstić information content (AvgIpc) is 2.54. The van der Waals surface area contributed by atoms with Crippen molar-refractivity contribution in [1.82, 2.24) is 0 Å². The molecule has 0 aliphatic heterocycles. The molecule has 0 aromatic carbocycles. The van der Waals surface area contributed by atoms with Crippen LogP contribution in [0.5, 0.6) is 0 Å². The molecule has 0 rings (SSSR count). The Hall–Kier alpha value is -1.14. The summed E-state index contributed by atoms with van der Waals surface area (Å²) in [5, 5.41) is 0. The van der Waals surface area contributed by atoms with Crippen LogP contribution in [-0.2, 0) is 19.1 Å². The SMILES string of the molecule is CC.CC.CCC(N)C(=O)OC(C)(C)C.CCC(N)C(=O)OC(C)(C)C. The average molecular weight is 379 g/mol. The zero-order valence-electron chi connectivity index (χ0n) is 19.4. The summed E-state index contributed by atoms with van der Waals surface area (Å²) < 4.78 is 10.1. The van der Waals surface area contributed by atoms with Gasteiger partial charge in [-0.25, -0.2) is 0 Å². The van der Waals surface area contributed by atoms with Gasteiger partial charge in [-0.2, -0.15) is 0 Å². The van der Waals surface area contributed by atoms with Crippen LogP contribution in [0, 0.1) is 0 Å². The molecule has 2 atom stereocenters. The molecule has 0 saturated heterocycles. The number of esters is 2. The Bertz CT molecular complexity index is 311. The van der Waals surface area contributed by atoms with Gasteiger partial charge in [0.2, 0.25) is 0 Å². The molecule has 0 aliphatic carbocycles. The maximum Gasteiger partial charge on any atom is 0.323 e. The molecule has 0 bridgehead atoms. The molecule has 0 amide bonds. The van der Waals surface area contributed by atoms with Gasteiger partial charge in [-0.3, -0.25) is 9.59 Å². The molecule has 6 nitrogen and oxygen atoms in total. The summed E-state index contributed by atoms with van der Waals surface area (Å²) in [6, 6.07) is -0.955. The molecule has 4 N–H and O–H groups in total.